The van der Waals surface area contributed by atoms with Gasteiger partial charge in [-0.05, 0) is 18.1 Å². The van der Waals surface area contributed by atoms with E-state index in [0.717, 1.165) is 16.8 Å². The normalized spacial score (nSPS) is 11.4. The van der Waals surface area contributed by atoms with Gasteiger partial charge in [0.2, 0.25) is 5.91 Å². The van der Waals surface area contributed by atoms with Gasteiger partial charge in [0.25, 0.3) is 0 Å². The van der Waals surface area contributed by atoms with Crippen molar-refractivity contribution in [3.05, 3.63) is 35.4 Å². The lowest BCUT2D eigenvalue weighted by molar-refractivity contribution is -0.117. The fourth-order valence-electron chi connectivity index (χ4n) is 1.19. The lowest BCUT2D eigenvalue weighted by Crippen LogP contribution is -2.13. The molecule has 1 rings (SSSR count). The maximum Gasteiger partial charge on any atom is 0.221 e. The molecular weight excluding hydrogens is 176 g/mol. The number of benzene rings is 1. The van der Waals surface area contributed by atoms with Crippen molar-refractivity contribution in [1.29, 1.82) is 0 Å². The molecule has 0 bridgehead atoms. The van der Waals surface area contributed by atoms with Gasteiger partial charge in [-0.2, -0.15) is 0 Å². The second-order valence-electron chi connectivity index (χ2n) is 3.15. The van der Waals surface area contributed by atoms with E-state index in [1.165, 1.54) is 0 Å². The molecule has 0 saturated carbocycles. The van der Waals surface area contributed by atoms with Crippen LogP contribution in [0.25, 0.3) is 0 Å². The second-order valence-corrected chi connectivity index (χ2v) is 3.15. The number of hydrogen-bond acceptors (Lipinski definition) is 2. The summed E-state index contributed by atoms with van der Waals surface area (Å²) in [6.07, 6.45) is 0.294. The van der Waals surface area contributed by atoms with Crippen LogP contribution in [0.2, 0.25) is 0 Å². The number of primary amides is 1. The van der Waals surface area contributed by atoms with Crippen LogP contribution in [0.4, 0.5) is 0 Å². The van der Waals surface area contributed by atoms with Gasteiger partial charge >= 0.3 is 0 Å². The summed E-state index contributed by atoms with van der Waals surface area (Å²) in [6, 6.07) is 7.69. The van der Waals surface area contributed by atoms with Gasteiger partial charge < -0.3 is 5.73 Å². The van der Waals surface area contributed by atoms with Crippen molar-refractivity contribution in [2.45, 2.75) is 13.3 Å². The SMILES string of the molecule is CN=C(C)c1ccc(CC(N)=O)cc1. The van der Waals surface area contributed by atoms with Crippen LogP contribution in [0.15, 0.2) is 29.3 Å². The van der Waals surface area contributed by atoms with E-state index in [1.54, 1.807) is 7.05 Å². The van der Waals surface area contributed by atoms with Crippen LogP contribution in [0.1, 0.15) is 18.1 Å². The smallest absolute Gasteiger partial charge is 0.221 e. The maximum absolute atomic E-state index is 10.6. The Bertz CT molecular complexity index is 352. The van der Waals surface area contributed by atoms with E-state index in [4.69, 9.17) is 5.73 Å². The molecule has 0 aromatic heterocycles. The highest BCUT2D eigenvalue weighted by Crippen LogP contribution is 2.06. The van der Waals surface area contributed by atoms with E-state index in [0.29, 0.717) is 6.42 Å². The Morgan fingerprint density at radius 3 is 2.36 bits per heavy atom. The first-order valence-electron chi connectivity index (χ1n) is 4.44. The van der Waals surface area contributed by atoms with Crippen LogP contribution >= 0.6 is 0 Å². The molecule has 0 radical (unpaired) electrons. The minimum Gasteiger partial charge on any atom is -0.369 e. The molecule has 0 aliphatic heterocycles. The molecule has 74 valence electrons. The van der Waals surface area contributed by atoms with Gasteiger partial charge in [0.05, 0.1) is 6.42 Å². The Hall–Kier alpha value is -1.64. The molecule has 14 heavy (non-hydrogen) atoms. The lowest BCUT2D eigenvalue weighted by Gasteiger charge is -2.01. The molecule has 0 unspecified atom stereocenters. The standard InChI is InChI=1S/C11H14N2O/c1-8(13-2)10-5-3-9(4-6-10)7-11(12)14/h3-6H,7H2,1-2H3,(H2,12,14). The van der Waals surface area contributed by atoms with Crippen molar-refractivity contribution >= 4 is 11.6 Å². The average molecular weight is 190 g/mol. The molecule has 0 heterocycles. The third kappa shape index (κ3) is 2.69. The first-order chi connectivity index (χ1) is 6.63. The minimum atomic E-state index is -0.307. The molecule has 3 heteroatoms. The Balaban J connectivity index is 2.83. The second kappa shape index (κ2) is 4.56. The number of carbonyl (C=O) groups excluding carboxylic acids is 1. The third-order valence-electron chi connectivity index (χ3n) is 2.09. The van der Waals surface area contributed by atoms with Crippen LogP contribution < -0.4 is 5.73 Å². The Morgan fingerprint density at radius 2 is 1.93 bits per heavy atom. The molecule has 0 aliphatic carbocycles. The molecule has 3 nitrogen and oxygen atoms in total. The summed E-state index contributed by atoms with van der Waals surface area (Å²) in [5, 5.41) is 0. The first-order valence-corrected chi connectivity index (χ1v) is 4.44. The number of hydrogen-bond donors (Lipinski definition) is 1. The predicted octanol–water partition coefficient (Wildman–Crippen LogP) is 1.15. The van der Waals surface area contributed by atoms with Crippen molar-refractivity contribution in [2.75, 3.05) is 7.05 Å². The topological polar surface area (TPSA) is 55.4 Å². The molecule has 0 aliphatic rings. The summed E-state index contributed by atoms with van der Waals surface area (Å²) >= 11 is 0. The number of amides is 1. The van der Waals surface area contributed by atoms with E-state index < -0.39 is 0 Å². The van der Waals surface area contributed by atoms with E-state index in [9.17, 15) is 4.79 Å². The number of nitrogens with zero attached hydrogens (tertiary/aromatic N) is 1. The van der Waals surface area contributed by atoms with Crippen LogP contribution in [0.3, 0.4) is 0 Å². The number of rotatable bonds is 3. The monoisotopic (exact) mass is 190 g/mol. The zero-order chi connectivity index (χ0) is 10.6. The van der Waals surface area contributed by atoms with Crippen LogP contribution in [-0.4, -0.2) is 18.7 Å². The molecule has 0 spiro atoms. The van der Waals surface area contributed by atoms with Gasteiger partial charge in [0.1, 0.15) is 0 Å². The van der Waals surface area contributed by atoms with Crippen molar-refractivity contribution in [3.63, 3.8) is 0 Å². The molecule has 0 saturated heterocycles. The number of aliphatic imine (C=N–C) groups is 1. The zero-order valence-corrected chi connectivity index (χ0v) is 8.45. The Morgan fingerprint density at radius 1 is 1.36 bits per heavy atom. The number of carbonyl (C=O) groups is 1. The van der Waals surface area contributed by atoms with E-state index in [2.05, 4.69) is 4.99 Å². The molecule has 0 fully saturated rings. The van der Waals surface area contributed by atoms with Crippen molar-refractivity contribution in [2.24, 2.45) is 10.7 Å². The molecule has 1 aromatic carbocycles. The van der Waals surface area contributed by atoms with E-state index in [1.807, 2.05) is 31.2 Å². The van der Waals surface area contributed by atoms with Gasteiger partial charge in [-0.25, -0.2) is 0 Å². The van der Waals surface area contributed by atoms with Crippen LogP contribution in [0, 0.1) is 0 Å². The third-order valence-corrected chi connectivity index (χ3v) is 2.09. The Labute approximate surface area is 83.7 Å². The number of nitrogens with two attached hydrogens (primary N) is 1. The van der Waals surface area contributed by atoms with Crippen LogP contribution in [0.5, 0.6) is 0 Å². The summed E-state index contributed by atoms with van der Waals surface area (Å²) in [6.45, 7) is 1.95. The molecule has 1 aromatic rings. The summed E-state index contributed by atoms with van der Waals surface area (Å²) in [7, 11) is 1.76. The van der Waals surface area contributed by atoms with E-state index in [-0.39, 0.29) is 5.91 Å². The van der Waals surface area contributed by atoms with Gasteiger partial charge in [-0.15, -0.1) is 0 Å². The summed E-state index contributed by atoms with van der Waals surface area (Å²) in [4.78, 5) is 14.7. The molecule has 0 atom stereocenters. The van der Waals surface area contributed by atoms with Crippen molar-refractivity contribution in [3.8, 4) is 0 Å². The lowest BCUT2D eigenvalue weighted by atomic mass is 10.1. The fourth-order valence-corrected chi connectivity index (χ4v) is 1.19. The average Bonchev–Trinajstić information content (AvgIpc) is 2.17. The minimum absolute atomic E-state index is 0.294. The summed E-state index contributed by atoms with van der Waals surface area (Å²) in [5.41, 5.74) is 8.07. The van der Waals surface area contributed by atoms with Crippen LogP contribution in [-0.2, 0) is 11.2 Å². The molecule has 1 amide bonds. The van der Waals surface area contributed by atoms with E-state index >= 15 is 0 Å². The molecule has 2 N–H and O–H groups in total. The Kier molecular flexibility index (Phi) is 3.40. The summed E-state index contributed by atoms with van der Waals surface area (Å²) < 4.78 is 0. The highest BCUT2D eigenvalue weighted by Gasteiger charge is 1.99. The van der Waals surface area contributed by atoms with Gasteiger partial charge in [-0.1, -0.05) is 24.3 Å². The predicted molar refractivity (Wildman–Crippen MR) is 57.5 cm³/mol. The maximum atomic E-state index is 10.6. The zero-order valence-electron chi connectivity index (χ0n) is 8.45. The largest absolute Gasteiger partial charge is 0.369 e. The van der Waals surface area contributed by atoms with Crippen molar-refractivity contribution in [1.82, 2.24) is 0 Å². The van der Waals surface area contributed by atoms with Gasteiger partial charge in [0, 0.05) is 12.8 Å². The first kappa shape index (κ1) is 10.4. The fraction of sp³-hybridized carbons (Fsp3) is 0.273. The van der Waals surface area contributed by atoms with Gasteiger partial charge in [-0.3, -0.25) is 9.79 Å². The molecular formula is C11H14N2O. The quantitative estimate of drug-likeness (QED) is 0.714. The highest BCUT2D eigenvalue weighted by atomic mass is 16.1. The highest BCUT2D eigenvalue weighted by molar-refractivity contribution is 5.98. The van der Waals surface area contributed by atoms with Gasteiger partial charge in [0.15, 0.2) is 0 Å². The van der Waals surface area contributed by atoms with Crippen molar-refractivity contribution < 1.29 is 4.79 Å². The summed E-state index contributed by atoms with van der Waals surface area (Å²) in [5.74, 6) is -0.307.